The molecule has 0 aliphatic heterocycles. The fraction of sp³-hybridized carbons (Fsp3) is 0.333. The summed E-state index contributed by atoms with van der Waals surface area (Å²) in [6.07, 6.45) is 0. The van der Waals surface area contributed by atoms with Gasteiger partial charge in [-0.15, -0.1) is 0 Å². The molecule has 10 nitrogen and oxygen atoms in total. The van der Waals surface area contributed by atoms with Crippen molar-refractivity contribution in [2.24, 2.45) is 0 Å². The minimum atomic E-state index is -3.88. The molecule has 2 rings (SSSR count). The molecule has 166 valence electrons. The van der Waals surface area contributed by atoms with Crippen LogP contribution in [0.5, 0.6) is 23.0 Å². The number of ether oxygens (including phenoxy) is 4. The van der Waals surface area contributed by atoms with E-state index in [0.29, 0.717) is 11.5 Å². The molecule has 30 heavy (non-hydrogen) atoms. The standard InChI is InChI=1S/C18H24N2O8S2/c1-25-15-7-5-13(11-17(15)27-3)29(21,22)19-9-10-20-30(23,24)14-6-8-16(26-2)18(12-14)28-4/h5-8,11-12,19-20H,9-10H2,1-4H3. The Morgan fingerprint density at radius 2 is 0.933 bits per heavy atom. The van der Waals surface area contributed by atoms with Crippen LogP contribution in [0.2, 0.25) is 0 Å². The van der Waals surface area contributed by atoms with Gasteiger partial charge in [0.05, 0.1) is 38.2 Å². The number of rotatable bonds is 11. The molecule has 2 N–H and O–H groups in total. The van der Waals surface area contributed by atoms with Crippen molar-refractivity contribution in [3.05, 3.63) is 36.4 Å². The first-order chi connectivity index (χ1) is 14.2. The summed E-state index contributed by atoms with van der Waals surface area (Å²) < 4.78 is 74.8. The zero-order chi connectivity index (χ0) is 22.4. The molecule has 0 unspecified atom stereocenters. The Morgan fingerprint density at radius 1 is 0.600 bits per heavy atom. The molecule has 0 spiro atoms. The third-order valence-electron chi connectivity index (χ3n) is 4.04. The second-order valence-corrected chi connectivity index (χ2v) is 9.36. The van der Waals surface area contributed by atoms with Crippen molar-refractivity contribution < 1.29 is 35.8 Å². The first kappa shape index (κ1) is 23.7. The van der Waals surface area contributed by atoms with Crippen molar-refractivity contribution in [2.45, 2.75) is 9.79 Å². The van der Waals surface area contributed by atoms with Gasteiger partial charge in [-0.3, -0.25) is 0 Å². The van der Waals surface area contributed by atoms with Crippen LogP contribution < -0.4 is 28.4 Å². The average Bonchev–Trinajstić information content (AvgIpc) is 2.75. The summed E-state index contributed by atoms with van der Waals surface area (Å²) in [5.41, 5.74) is 0. The van der Waals surface area contributed by atoms with E-state index in [9.17, 15) is 16.8 Å². The zero-order valence-corrected chi connectivity index (χ0v) is 18.6. The van der Waals surface area contributed by atoms with Crippen LogP contribution in [-0.4, -0.2) is 58.4 Å². The van der Waals surface area contributed by atoms with E-state index in [1.807, 2.05) is 0 Å². The summed E-state index contributed by atoms with van der Waals surface area (Å²) in [6.45, 7) is -0.327. The van der Waals surface area contributed by atoms with Gasteiger partial charge in [-0.1, -0.05) is 0 Å². The monoisotopic (exact) mass is 460 g/mol. The summed E-state index contributed by atoms with van der Waals surface area (Å²) in [5, 5.41) is 0. The fourth-order valence-electron chi connectivity index (χ4n) is 2.50. The van der Waals surface area contributed by atoms with Crippen molar-refractivity contribution in [1.29, 1.82) is 0 Å². The first-order valence-corrected chi connectivity index (χ1v) is 11.6. The van der Waals surface area contributed by atoms with E-state index < -0.39 is 20.0 Å². The van der Waals surface area contributed by atoms with Crippen LogP contribution in [0.4, 0.5) is 0 Å². The second-order valence-electron chi connectivity index (χ2n) is 5.83. The largest absolute Gasteiger partial charge is 0.493 e. The van der Waals surface area contributed by atoms with Crippen LogP contribution >= 0.6 is 0 Å². The lowest BCUT2D eigenvalue weighted by Crippen LogP contribution is -2.34. The molecule has 0 fully saturated rings. The van der Waals surface area contributed by atoms with Gasteiger partial charge in [0.25, 0.3) is 0 Å². The molecular formula is C18H24N2O8S2. The van der Waals surface area contributed by atoms with E-state index in [1.165, 1.54) is 64.8 Å². The van der Waals surface area contributed by atoms with E-state index in [4.69, 9.17) is 18.9 Å². The van der Waals surface area contributed by atoms with Gasteiger partial charge in [-0.25, -0.2) is 26.3 Å². The predicted octanol–water partition coefficient (Wildman–Crippen LogP) is 0.978. The van der Waals surface area contributed by atoms with Gasteiger partial charge in [-0.2, -0.15) is 0 Å². The van der Waals surface area contributed by atoms with Gasteiger partial charge in [-0.05, 0) is 24.3 Å². The minimum Gasteiger partial charge on any atom is -0.493 e. The number of sulfonamides is 2. The lowest BCUT2D eigenvalue weighted by atomic mass is 10.3. The lowest BCUT2D eigenvalue weighted by Gasteiger charge is -2.12. The molecular weight excluding hydrogens is 436 g/mol. The highest BCUT2D eigenvalue weighted by molar-refractivity contribution is 7.90. The van der Waals surface area contributed by atoms with Gasteiger partial charge in [0.1, 0.15) is 0 Å². The fourth-order valence-corrected chi connectivity index (χ4v) is 4.60. The highest BCUT2D eigenvalue weighted by atomic mass is 32.2. The van der Waals surface area contributed by atoms with Crippen LogP contribution in [0.1, 0.15) is 0 Å². The highest BCUT2D eigenvalue weighted by Crippen LogP contribution is 2.30. The van der Waals surface area contributed by atoms with Gasteiger partial charge < -0.3 is 18.9 Å². The minimum absolute atomic E-state index is 0.0390. The Kier molecular flexibility index (Phi) is 7.89. The second kappa shape index (κ2) is 9.98. The summed E-state index contributed by atoms with van der Waals surface area (Å²) in [6, 6.07) is 8.28. The molecule has 0 atom stereocenters. The Bertz CT molecular complexity index is 998. The van der Waals surface area contributed by atoms with Gasteiger partial charge in [0, 0.05) is 25.2 Å². The van der Waals surface area contributed by atoms with Crippen LogP contribution in [0.25, 0.3) is 0 Å². The Hall–Kier alpha value is -2.54. The molecule has 0 saturated carbocycles. The Labute approximate surface area is 176 Å². The SMILES string of the molecule is COc1ccc(S(=O)(=O)NCCNS(=O)(=O)c2ccc(OC)c(OC)c2)cc1OC. The van der Waals surface area contributed by atoms with Crippen LogP contribution in [-0.2, 0) is 20.0 Å². The van der Waals surface area contributed by atoms with E-state index in [0.717, 1.165) is 0 Å². The smallest absolute Gasteiger partial charge is 0.240 e. The predicted molar refractivity (Wildman–Crippen MR) is 109 cm³/mol. The van der Waals surface area contributed by atoms with E-state index in [2.05, 4.69) is 9.44 Å². The van der Waals surface area contributed by atoms with Crippen molar-refractivity contribution in [3.63, 3.8) is 0 Å². The number of hydrogen-bond acceptors (Lipinski definition) is 8. The molecule has 0 aliphatic rings. The maximum atomic E-state index is 12.4. The number of hydrogen-bond donors (Lipinski definition) is 2. The lowest BCUT2D eigenvalue weighted by molar-refractivity contribution is 0.354. The van der Waals surface area contributed by atoms with E-state index >= 15 is 0 Å². The van der Waals surface area contributed by atoms with Crippen molar-refractivity contribution in [1.82, 2.24) is 9.44 Å². The first-order valence-electron chi connectivity index (χ1n) is 8.62. The maximum absolute atomic E-state index is 12.4. The highest BCUT2D eigenvalue weighted by Gasteiger charge is 2.19. The Balaban J connectivity index is 2.03. The molecule has 12 heteroatoms. The molecule has 0 aromatic heterocycles. The zero-order valence-electron chi connectivity index (χ0n) is 17.0. The third kappa shape index (κ3) is 5.53. The molecule has 0 aliphatic carbocycles. The van der Waals surface area contributed by atoms with Crippen molar-refractivity contribution in [2.75, 3.05) is 41.5 Å². The number of methoxy groups -OCH3 is 4. The van der Waals surface area contributed by atoms with Gasteiger partial charge >= 0.3 is 0 Å². The van der Waals surface area contributed by atoms with E-state index in [1.54, 1.807) is 0 Å². The molecule has 0 bridgehead atoms. The average molecular weight is 461 g/mol. The quantitative estimate of drug-likeness (QED) is 0.475. The molecule has 0 heterocycles. The molecule has 0 amide bonds. The summed E-state index contributed by atoms with van der Waals surface area (Å²) in [5.74, 6) is 1.29. The molecule has 0 saturated heterocycles. The van der Waals surface area contributed by atoms with Crippen molar-refractivity contribution in [3.8, 4) is 23.0 Å². The van der Waals surface area contributed by atoms with Gasteiger partial charge in [0.15, 0.2) is 23.0 Å². The molecule has 2 aromatic rings. The topological polar surface area (TPSA) is 129 Å². The third-order valence-corrected chi connectivity index (χ3v) is 6.96. The van der Waals surface area contributed by atoms with Crippen LogP contribution in [0.3, 0.4) is 0 Å². The van der Waals surface area contributed by atoms with Crippen molar-refractivity contribution >= 4 is 20.0 Å². The molecule has 0 radical (unpaired) electrons. The van der Waals surface area contributed by atoms with Gasteiger partial charge in [0.2, 0.25) is 20.0 Å². The molecule has 2 aromatic carbocycles. The normalized spacial score (nSPS) is 11.7. The maximum Gasteiger partial charge on any atom is 0.240 e. The van der Waals surface area contributed by atoms with E-state index in [-0.39, 0.29) is 34.4 Å². The summed E-state index contributed by atoms with van der Waals surface area (Å²) in [7, 11) is -2.09. The Morgan fingerprint density at radius 3 is 1.23 bits per heavy atom. The van der Waals surface area contributed by atoms with Crippen LogP contribution in [0, 0.1) is 0 Å². The summed E-state index contributed by atoms with van der Waals surface area (Å²) >= 11 is 0. The number of benzene rings is 2. The van der Waals surface area contributed by atoms with Crippen LogP contribution in [0.15, 0.2) is 46.2 Å². The summed E-state index contributed by atoms with van der Waals surface area (Å²) in [4.78, 5) is -0.0780. The number of nitrogens with one attached hydrogen (secondary N) is 2.